The molecule has 3 aromatic rings. The third-order valence-corrected chi connectivity index (χ3v) is 2.99. The van der Waals surface area contributed by atoms with E-state index in [4.69, 9.17) is 11.6 Å². The smallest absolute Gasteiger partial charge is 0.180 e. The van der Waals surface area contributed by atoms with Crippen LogP contribution in [0.2, 0.25) is 0 Å². The fraction of sp³-hybridized carbons (Fsp3) is 0.0714. The van der Waals surface area contributed by atoms with Crippen molar-refractivity contribution in [3.05, 3.63) is 54.4 Å². The van der Waals surface area contributed by atoms with Crippen LogP contribution in [0, 0.1) is 0 Å². The summed E-state index contributed by atoms with van der Waals surface area (Å²) in [6.45, 7) is 0. The van der Waals surface area contributed by atoms with Crippen molar-refractivity contribution in [3.63, 3.8) is 0 Å². The number of hydrogen-bond donors (Lipinski definition) is 1. The number of aromatic nitrogens is 3. The average Bonchev–Trinajstić information content (AvgIpc) is 2.47. The number of hydrogen-bond acceptors (Lipinski definition) is 4. The summed E-state index contributed by atoms with van der Waals surface area (Å²) >= 11 is 5.82. The molecule has 1 aromatic carbocycles. The predicted octanol–water partition coefficient (Wildman–Crippen LogP) is 3.51. The molecule has 0 fully saturated rings. The maximum atomic E-state index is 5.82. The molecule has 0 bridgehead atoms. The maximum absolute atomic E-state index is 5.82. The zero-order chi connectivity index (χ0) is 13.1. The number of pyridine rings is 1. The van der Waals surface area contributed by atoms with Crippen molar-refractivity contribution in [2.75, 3.05) is 5.32 Å². The Balaban J connectivity index is 1.92. The molecule has 0 aliphatic carbocycles. The van der Waals surface area contributed by atoms with Crippen LogP contribution in [0.4, 0.5) is 11.5 Å². The highest BCUT2D eigenvalue weighted by molar-refractivity contribution is 6.17. The van der Waals surface area contributed by atoms with E-state index < -0.39 is 0 Å². The SMILES string of the molecule is ClCc1cccc(Nc2ccc3nccnc3n2)c1. The van der Waals surface area contributed by atoms with Crippen molar-refractivity contribution >= 4 is 34.3 Å². The Bertz CT molecular complexity index is 714. The molecular formula is C14H11ClN4. The second-order valence-electron chi connectivity index (χ2n) is 4.05. The third-order valence-electron chi connectivity index (χ3n) is 2.69. The Hall–Kier alpha value is -2.20. The van der Waals surface area contributed by atoms with Crippen LogP contribution in [0.25, 0.3) is 11.2 Å². The van der Waals surface area contributed by atoms with Crippen LogP contribution in [-0.4, -0.2) is 15.0 Å². The van der Waals surface area contributed by atoms with Crippen LogP contribution in [0.1, 0.15) is 5.56 Å². The van der Waals surface area contributed by atoms with Gasteiger partial charge < -0.3 is 5.32 Å². The van der Waals surface area contributed by atoms with Gasteiger partial charge in [0.05, 0.1) is 0 Å². The van der Waals surface area contributed by atoms with E-state index in [2.05, 4.69) is 20.3 Å². The highest BCUT2D eigenvalue weighted by atomic mass is 35.5. The maximum Gasteiger partial charge on any atom is 0.180 e. The first-order valence-corrected chi connectivity index (χ1v) is 6.38. The molecular weight excluding hydrogens is 260 g/mol. The van der Waals surface area contributed by atoms with Gasteiger partial charge in [0.25, 0.3) is 0 Å². The van der Waals surface area contributed by atoms with Crippen LogP contribution >= 0.6 is 11.6 Å². The van der Waals surface area contributed by atoms with E-state index in [0.717, 1.165) is 22.6 Å². The molecule has 4 nitrogen and oxygen atoms in total. The summed E-state index contributed by atoms with van der Waals surface area (Å²) in [6.07, 6.45) is 3.29. The number of anilines is 2. The molecule has 0 atom stereocenters. The lowest BCUT2D eigenvalue weighted by Crippen LogP contribution is -1.95. The fourth-order valence-corrected chi connectivity index (χ4v) is 1.97. The minimum absolute atomic E-state index is 0.492. The van der Waals surface area contributed by atoms with E-state index in [1.54, 1.807) is 12.4 Å². The molecule has 0 saturated heterocycles. The normalized spacial score (nSPS) is 10.6. The number of halogens is 1. The van der Waals surface area contributed by atoms with Crippen molar-refractivity contribution in [3.8, 4) is 0 Å². The van der Waals surface area contributed by atoms with E-state index in [1.165, 1.54) is 0 Å². The van der Waals surface area contributed by atoms with Crippen molar-refractivity contribution in [2.24, 2.45) is 0 Å². The van der Waals surface area contributed by atoms with Crippen molar-refractivity contribution in [1.29, 1.82) is 0 Å². The van der Waals surface area contributed by atoms with E-state index >= 15 is 0 Å². The van der Waals surface area contributed by atoms with Gasteiger partial charge in [-0.3, -0.25) is 4.98 Å². The zero-order valence-corrected chi connectivity index (χ0v) is 10.8. The number of alkyl halides is 1. The molecule has 0 unspecified atom stereocenters. The highest BCUT2D eigenvalue weighted by Crippen LogP contribution is 2.18. The molecule has 0 aliphatic rings. The second kappa shape index (κ2) is 5.20. The predicted molar refractivity (Wildman–Crippen MR) is 76.6 cm³/mol. The summed E-state index contributed by atoms with van der Waals surface area (Å²) in [7, 11) is 0. The Kier molecular flexibility index (Phi) is 3.25. The molecule has 1 N–H and O–H groups in total. The number of rotatable bonds is 3. The van der Waals surface area contributed by atoms with Crippen LogP contribution in [0.3, 0.4) is 0 Å². The number of nitrogens with zero attached hydrogens (tertiary/aromatic N) is 3. The minimum atomic E-state index is 0.492. The summed E-state index contributed by atoms with van der Waals surface area (Å²) in [4.78, 5) is 12.8. The van der Waals surface area contributed by atoms with Crippen LogP contribution < -0.4 is 5.32 Å². The Labute approximate surface area is 115 Å². The lowest BCUT2D eigenvalue weighted by atomic mass is 10.2. The lowest BCUT2D eigenvalue weighted by Gasteiger charge is -2.07. The van der Waals surface area contributed by atoms with Crippen molar-refractivity contribution < 1.29 is 0 Å². The van der Waals surface area contributed by atoms with Gasteiger partial charge in [0, 0.05) is 24.0 Å². The minimum Gasteiger partial charge on any atom is -0.340 e. The standard InChI is InChI=1S/C14H11ClN4/c15-9-10-2-1-3-11(8-10)18-13-5-4-12-14(19-13)17-7-6-16-12/h1-8H,9H2,(H,17,18,19). The van der Waals surface area contributed by atoms with Gasteiger partial charge in [0.2, 0.25) is 0 Å². The molecule has 2 heterocycles. The first-order chi connectivity index (χ1) is 9.35. The molecule has 3 rings (SSSR count). The summed E-state index contributed by atoms with van der Waals surface area (Å²) in [5, 5.41) is 3.23. The van der Waals surface area contributed by atoms with Gasteiger partial charge >= 0.3 is 0 Å². The van der Waals surface area contributed by atoms with Crippen LogP contribution in [0.5, 0.6) is 0 Å². The first kappa shape index (κ1) is 11.9. The van der Waals surface area contributed by atoms with Gasteiger partial charge in [0.1, 0.15) is 11.3 Å². The van der Waals surface area contributed by atoms with E-state index in [9.17, 15) is 0 Å². The van der Waals surface area contributed by atoms with Gasteiger partial charge in [-0.15, -0.1) is 11.6 Å². The third kappa shape index (κ3) is 2.63. The van der Waals surface area contributed by atoms with Crippen LogP contribution in [0.15, 0.2) is 48.8 Å². The molecule has 2 aromatic heterocycles. The molecule has 94 valence electrons. The van der Waals surface area contributed by atoms with Crippen molar-refractivity contribution in [2.45, 2.75) is 5.88 Å². The molecule has 0 aliphatic heterocycles. The summed E-state index contributed by atoms with van der Waals surface area (Å²) in [5.74, 6) is 1.23. The number of benzene rings is 1. The largest absolute Gasteiger partial charge is 0.340 e. The van der Waals surface area contributed by atoms with Gasteiger partial charge in [-0.05, 0) is 29.8 Å². The van der Waals surface area contributed by atoms with E-state index in [1.807, 2.05) is 36.4 Å². The van der Waals surface area contributed by atoms with E-state index in [-0.39, 0.29) is 0 Å². The molecule has 0 radical (unpaired) electrons. The van der Waals surface area contributed by atoms with Crippen molar-refractivity contribution in [1.82, 2.24) is 15.0 Å². The Morgan fingerprint density at radius 2 is 1.95 bits per heavy atom. The molecule has 0 saturated carbocycles. The average molecular weight is 271 g/mol. The Morgan fingerprint density at radius 3 is 2.84 bits per heavy atom. The summed E-state index contributed by atoms with van der Waals surface area (Å²) in [5.41, 5.74) is 3.42. The van der Waals surface area contributed by atoms with Crippen LogP contribution in [-0.2, 0) is 5.88 Å². The van der Waals surface area contributed by atoms with Gasteiger partial charge in [-0.25, -0.2) is 9.97 Å². The number of fused-ring (bicyclic) bond motifs is 1. The molecule has 5 heteroatoms. The topological polar surface area (TPSA) is 50.7 Å². The monoisotopic (exact) mass is 270 g/mol. The fourth-order valence-electron chi connectivity index (χ4n) is 1.80. The van der Waals surface area contributed by atoms with E-state index in [0.29, 0.717) is 11.5 Å². The zero-order valence-electron chi connectivity index (χ0n) is 10.0. The first-order valence-electron chi connectivity index (χ1n) is 5.85. The summed E-state index contributed by atoms with van der Waals surface area (Å²) < 4.78 is 0. The van der Waals surface area contributed by atoms with Gasteiger partial charge in [-0.2, -0.15) is 0 Å². The second-order valence-corrected chi connectivity index (χ2v) is 4.32. The van der Waals surface area contributed by atoms with Gasteiger partial charge in [0.15, 0.2) is 5.65 Å². The highest BCUT2D eigenvalue weighted by Gasteiger charge is 2.01. The molecule has 0 amide bonds. The van der Waals surface area contributed by atoms with Gasteiger partial charge in [-0.1, -0.05) is 12.1 Å². The molecule has 19 heavy (non-hydrogen) atoms. The number of nitrogens with one attached hydrogen (secondary N) is 1. The quantitative estimate of drug-likeness (QED) is 0.740. The molecule has 0 spiro atoms. The Morgan fingerprint density at radius 1 is 1.05 bits per heavy atom. The summed E-state index contributed by atoms with van der Waals surface area (Å²) in [6, 6.07) is 11.7. The lowest BCUT2D eigenvalue weighted by molar-refractivity contribution is 1.22.